The minimum atomic E-state index is -0.209. The lowest BCUT2D eigenvalue weighted by Gasteiger charge is -2.31. The average Bonchev–Trinajstić information content (AvgIpc) is 2.35. The Morgan fingerprint density at radius 2 is 2.06 bits per heavy atom. The molecule has 3 heteroatoms. The maximum Gasteiger partial charge on any atom is 0.0624 e. The first-order chi connectivity index (χ1) is 8.65. The van der Waals surface area contributed by atoms with E-state index in [2.05, 4.69) is 43.1 Å². The third kappa shape index (κ3) is 3.80. The molecule has 0 aromatic heterocycles. The standard InChI is InChI=1S/C15H23NO2/c1-12-3-5-13(6-4-12)9-16(2)10-14-11-18-8-7-15(14)17/h3-6,14-15,17H,7-11H2,1-2H3. The summed E-state index contributed by atoms with van der Waals surface area (Å²) < 4.78 is 5.43. The van der Waals surface area contributed by atoms with E-state index in [0.717, 1.165) is 19.5 Å². The molecule has 1 heterocycles. The smallest absolute Gasteiger partial charge is 0.0624 e. The summed E-state index contributed by atoms with van der Waals surface area (Å²) in [6.07, 6.45) is 0.558. The number of hydrogen-bond acceptors (Lipinski definition) is 3. The van der Waals surface area contributed by atoms with Gasteiger partial charge in [0.05, 0.1) is 12.7 Å². The van der Waals surface area contributed by atoms with Crippen molar-refractivity contribution in [3.8, 4) is 0 Å². The van der Waals surface area contributed by atoms with Crippen LogP contribution in [0.25, 0.3) is 0 Å². The highest BCUT2D eigenvalue weighted by atomic mass is 16.5. The van der Waals surface area contributed by atoms with Crippen LogP contribution in [-0.2, 0) is 11.3 Å². The molecule has 1 aromatic rings. The zero-order valence-electron chi connectivity index (χ0n) is 11.3. The molecule has 1 saturated heterocycles. The molecular weight excluding hydrogens is 226 g/mol. The number of hydrogen-bond donors (Lipinski definition) is 1. The van der Waals surface area contributed by atoms with Crippen molar-refractivity contribution in [2.75, 3.05) is 26.8 Å². The van der Waals surface area contributed by atoms with Crippen LogP contribution in [-0.4, -0.2) is 42.9 Å². The van der Waals surface area contributed by atoms with Crippen LogP contribution >= 0.6 is 0 Å². The van der Waals surface area contributed by atoms with Crippen LogP contribution in [0.5, 0.6) is 0 Å². The Morgan fingerprint density at radius 1 is 1.33 bits per heavy atom. The van der Waals surface area contributed by atoms with Crippen LogP contribution in [0.4, 0.5) is 0 Å². The summed E-state index contributed by atoms with van der Waals surface area (Å²) in [6, 6.07) is 8.61. The van der Waals surface area contributed by atoms with Crippen LogP contribution in [0.3, 0.4) is 0 Å². The van der Waals surface area contributed by atoms with Crippen molar-refractivity contribution in [2.24, 2.45) is 5.92 Å². The second-order valence-corrected chi connectivity index (χ2v) is 5.37. The van der Waals surface area contributed by atoms with Crippen LogP contribution in [0.15, 0.2) is 24.3 Å². The SMILES string of the molecule is Cc1ccc(CN(C)CC2COCCC2O)cc1. The number of aryl methyl sites for hydroxylation is 1. The summed E-state index contributed by atoms with van der Waals surface area (Å²) >= 11 is 0. The van der Waals surface area contributed by atoms with Gasteiger partial charge in [0.1, 0.15) is 0 Å². The zero-order valence-corrected chi connectivity index (χ0v) is 11.3. The monoisotopic (exact) mass is 249 g/mol. The van der Waals surface area contributed by atoms with Gasteiger partial charge in [-0.3, -0.25) is 0 Å². The molecule has 1 aliphatic heterocycles. The number of nitrogens with zero attached hydrogens (tertiary/aromatic N) is 1. The minimum absolute atomic E-state index is 0.209. The molecule has 1 N–H and O–H groups in total. The molecule has 0 saturated carbocycles. The lowest BCUT2D eigenvalue weighted by atomic mass is 9.98. The van der Waals surface area contributed by atoms with E-state index in [1.54, 1.807) is 0 Å². The fourth-order valence-electron chi connectivity index (χ4n) is 2.43. The van der Waals surface area contributed by atoms with Crippen LogP contribution < -0.4 is 0 Å². The van der Waals surface area contributed by atoms with Gasteiger partial charge in [0.2, 0.25) is 0 Å². The van der Waals surface area contributed by atoms with Crippen molar-refractivity contribution >= 4 is 0 Å². The average molecular weight is 249 g/mol. The molecule has 3 nitrogen and oxygen atoms in total. The van der Waals surface area contributed by atoms with Gasteiger partial charge in [0.15, 0.2) is 0 Å². The van der Waals surface area contributed by atoms with Crippen molar-refractivity contribution < 1.29 is 9.84 Å². The molecule has 0 amide bonds. The molecule has 0 aliphatic carbocycles. The predicted octanol–water partition coefficient (Wildman–Crippen LogP) is 1.82. The number of aliphatic hydroxyl groups is 1. The quantitative estimate of drug-likeness (QED) is 0.883. The Balaban J connectivity index is 1.84. The molecule has 1 aromatic carbocycles. The molecular formula is C15H23NO2. The summed E-state index contributed by atoms with van der Waals surface area (Å²) in [6.45, 7) is 5.28. The van der Waals surface area contributed by atoms with Crippen molar-refractivity contribution in [1.82, 2.24) is 4.90 Å². The van der Waals surface area contributed by atoms with E-state index >= 15 is 0 Å². The molecule has 1 aliphatic rings. The second kappa shape index (κ2) is 6.32. The predicted molar refractivity (Wildman–Crippen MR) is 72.4 cm³/mol. The van der Waals surface area contributed by atoms with E-state index in [1.165, 1.54) is 11.1 Å². The minimum Gasteiger partial charge on any atom is -0.393 e. The van der Waals surface area contributed by atoms with Crippen LogP contribution in [0, 0.1) is 12.8 Å². The van der Waals surface area contributed by atoms with Crippen LogP contribution in [0.2, 0.25) is 0 Å². The molecule has 2 unspecified atom stereocenters. The Kier molecular flexibility index (Phi) is 4.75. The van der Waals surface area contributed by atoms with Crippen molar-refractivity contribution in [2.45, 2.75) is 26.0 Å². The van der Waals surface area contributed by atoms with E-state index in [-0.39, 0.29) is 12.0 Å². The third-order valence-electron chi connectivity index (χ3n) is 3.55. The van der Waals surface area contributed by atoms with Crippen LogP contribution in [0.1, 0.15) is 17.5 Å². The Labute approximate surface area is 109 Å². The van der Waals surface area contributed by atoms with E-state index in [4.69, 9.17) is 4.74 Å². The lowest BCUT2D eigenvalue weighted by molar-refractivity contribution is -0.0451. The largest absolute Gasteiger partial charge is 0.393 e. The van der Waals surface area contributed by atoms with Crippen molar-refractivity contribution in [3.63, 3.8) is 0 Å². The van der Waals surface area contributed by atoms with Gasteiger partial charge in [-0.25, -0.2) is 0 Å². The molecule has 2 rings (SSSR count). The summed E-state index contributed by atoms with van der Waals surface area (Å²) in [5.74, 6) is 0.245. The highest BCUT2D eigenvalue weighted by Gasteiger charge is 2.24. The second-order valence-electron chi connectivity index (χ2n) is 5.37. The number of rotatable bonds is 4. The molecule has 1 fully saturated rings. The normalized spacial score (nSPS) is 24.4. The van der Waals surface area contributed by atoms with Gasteiger partial charge in [-0.15, -0.1) is 0 Å². The van der Waals surface area contributed by atoms with Gasteiger partial charge in [-0.1, -0.05) is 29.8 Å². The number of benzene rings is 1. The molecule has 18 heavy (non-hydrogen) atoms. The van der Waals surface area contributed by atoms with E-state index < -0.39 is 0 Å². The first-order valence-corrected chi connectivity index (χ1v) is 6.65. The van der Waals surface area contributed by atoms with Gasteiger partial charge in [0.25, 0.3) is 0 Å². The fraction of sp³-hybridized carbons (Fsp3) is 0.600. The van der Waals surface area contributed by atoms with Gasteiger partial charge in [-0.2, -0.15) is 0 Å². The summed E-state index contributed by atoms with van der Waals surface area (Å²) in [4.78, 5) is 2.26. The Bertz CT molecular complexity index is 363. The summed E-state index contributed by atoms with van der Waals surface area (Å²) in [5, 5.41) is 9.91. The van der Waals surface area contributed by atoms with Gasteiger partial charge in [-0.05, 0) is 26.0 Å². The topological polar surface area (TPSA) is 32.7 Å². The lowest BCUT2D eigenvalue weighted by Crippen LogP contribution is -2.39. The number of aliphatic hydroxyl groups excluding tert-OH is 1. The van der Waals surface area contributed by atoms with Crippen molar-refractivity contribution in [1.29, 1.82) is 0 Å². The van der Waals surface area contributed by atoms with Gasteiger partial charge >= 0.3 is 0 Å². The van der Waals surface area contributed by atoms with Gasteiger partial charge < -0.3 is 14.7 Å². The highest BCUT2D eigenvalue weighted by molar-refractivity contribution is 5.21. The maximum atomic E-state index is 9.91. The van der Waals surface area contributed by atoms with E-state index in [1.807, 2.05) is 0 Å². The summed E-state index contributed by atoms with van der Waals surface area (Å²) in [7, 11) is 2.10. The molecule has 2 atom stereocenters. The highest BCUT2D eigenvalue weighted by Crippen LogP contribution is 2.16. The first kappa shape index (κ1) is 13.5. The van der Waals surface area contributed by atoms with E-state index in [0.29, 0.717) is 13.2 Å². The molecule has 0 radical (unpaired) electrons. The zero-order chi connectivity index (χ0) is 13.0. The molecule has 0 spiro atoms. The first-order valence-electron chi connectivity index (χ1n) is 6.65. The maximum absolute atomic E-state index is 9.91. The van der Waals surface area contributed by atoms with E-state index in [9.17, 15) is 5.11 Å². The Hall–Kier alpha value is -0.900. The van der Waals surface area contributed by atoms with Crippen molar-refractivity contribution in [3.05, 3.63) is 35.4 Å². The molecule has 100 valence electrons. The third-order valence-corrected chi connectivity index (χ3v) is 3.55. The number of ether oxygens (including phenoxy) is 1. The fourth-order valence-corrected chi connectivity index (χ4v) is 2.43. The summed E-state index contributed by atoms with van der Waals surface area (Å²) in [5.41, 5.74) is 2.60. The Morgan fingerprint density at radius 3 is 2.72 bits per heavy atom. The molecule has 0 bridgehead atoms. The van der Waals surface area contributed by atoms with Gasteiger partial charge in [0, 0.05) is 25.6 Å².